The number of H-pyrrole nitrogens is 1. The van der Waals surface area contributed by atoms with E-state index < -0.39 is 11.2 Å². The highest BCUT2D eigenvalue weighted by molar-refractivity contribution is 5.98. The smallest absolute Gasteiger partial charge is 0.328 e. The first-order valence-corrected chi connectivity index (χ1v) is 9.88. The second-order valence-electron chi connectivity index (χ2n) is 7.24. The minimum absolute atomic E-state index is 0.121. The van der Waals surface area contributed by atoms with E-state index in [-0.39, 0.29) is 19.1 Å². The fraction of sp³-hybridized carbons (Fsp3) is 0.261. The number of ether oxygens (including phenoxy) is 1. The summed E-state index contributed by atoms with van der Waals surface area (Å²) in [7, 11) is 1.51. The third-order valence-corrected chi connectivity index (χ3v) is 5.39. The Balaban J connectivity index is 1.58. The number of nitrogens with zero attached hydrogens (tertiary/aromatic N) is 2. The number of carbonyl (C=O) groups is 1. The molecule has 0 radical (unpaired) electrons. The zero-order chi connectivity index (χ0) is 21.1. The molecule has 0 saturated carbocycles. The Morgan fingerprint density at radius 2 is 1.93 bits per heavy atom. The van der Waals surface area contributed by atoms with Gasteiger partial charge in [0.25, 0.3) is 11.5 Å². The van der Waals surface area contributed by atoms with E-state index in [1.165, 1.54) is 18.2 Å². The molecule has 2 aromatic carbocycles. The second kappa shape index (κ2) is 8.51. The van der Waals surface area contributed by atoms with Crippen LogP contribution in [0.1, 0.15) is 22.3 Å². The molecule has 7 nitrogen and oxygen atoms in total. The van der Waals surface area contributed by atoms with Gasteiger partial charge in [0, 0.05) is 25.8 Å². The quantitative estimate of drug-likeness (QED) is 0.706. The maximum absolute atomic E-state index is 13.0. The van der Waals surface area contributed by atoms with Crippen LogP contribution in [-0.4, -0.2) is 47.2 Å². The average molecular weight is 405 g/mol. The lowest BCUT2D eigenvalue weighted by Gasteiger charge is -2.27. The highest BCUT2D eigenvalue weighted by Gasteiger charge is 2.20. The fourth-order valence-electron chi connectivity index (χ4n) is 3.72. The molecule has 1 aliphatic heterocycles. The van der Waals surface area contributed by atoms with Crippen LogP contribution >= 0.6 is 0 Å². The van der Waals surface area contributed by atoms with Crippen LogP contribution in [0, 0.1) is 0 Å². The van der Waals surface area contributed by atoms with E-state index in [0.29, 0.717) is 29.6 Å². The zero-order valence-electron chi connectivity index (χ0n) is 16.8. The summed E-state index contributed by atoms with van der Waals surface area (Å²) in [6.07, 6.45) is 2.86. The molecule has 0 atom stereocenters. The predicted octanol–water partition coefficient (Wildman–Crippen LogP) is 2.27. The first-order valence-electron chi connectivity index (χ1n) is 9.88. The Kier molecular flexibility index (Phi) is 5.63. The molecule has 154 valence electrons. The van der Waals surface area contributed by atoms with Gasteiger partial charge in [-0.15, -0.1) is 0 Å². The van der Waals surface area contributed by atoms with Gasteiger partial charge in [-0.1, -0.05) is 36.4 Å². The third kappa shape index (κ3) is 3.84. The zero-order valence-corrected chi connectivity index (χ0v) is 16.8. The minimum Gasteiger partial charge on any atom is -0.383 e. The summed E-state index contributed by atoms with van der Waals surface area (Å²) >= 11 is 0. The van der Waals surface area contributed by atoms with Gasteiger partial charge in [-0.25, -0.2) is 4.79 Å². The number of carbonyl (C=O) groups excluding carboxylic acids is 1. The highest BCUT2D eigenvalue weighted by atomic mass is 16.5. The van der Waals surface area contributed by atoms with Crippen molar-refractivity contribution in [1.82, 2.24) is 14.5 Å². The molecule has 4 rings (SSSR count). The Morgan fingerprint density at radius 3 is 2.63 bits per heavy atom. The van der Waals surface area contributed by atoms with Crippen molar-refractivity contribution >= 4 is 22.4 Å². The summed E-state index contributed by atoms with van der Waals surface area (Å²) in [5.41, 5.74) is 2.32. The number of benzene rings is 2. The van der Waals surface area contributed by atoms with Crippen molar-refractivity contribution in [2.24, 2.45) is 0 Å². The van der Waals surface area contributed by atoms with Crippen LogP contribution < -0.4 is 11.2 Å². The van der Waals surface area contributed by atoms with Crippen molar-refractivity contribution in [1.29, 1.82) is 0 Å². The number of hydrogen-bond acceptors (Lipinski definition) is 4. The number of nitrogens with one attached hydrogen (secondary N) is 1. The van der Waals surface area contributed by atoms with Crippen LogP contribution in [0.3, 0.4) is 0 Å². The highest BCUT2D eigenvalue weighted by Crippen LogP contribution is 2.23. The van der Waals surface area contributed by atoms with Crippen molar-refractivity contribution in [3.63, 3.8) is 0 Å². The molecule has 0 spiro atoms. The van der Waals surface area contributed by atoms with E-state index in [1.807, 2.05) is 18.2 Å². The monoisotopic (exact) mass is 405 g/mol. The molecule has 0 saturated heterocycles. The number of aromatic nitrogens is 2. The summed E-state index contributed by atoms with van der Waals surface area (Å²) in [6, 6.07) is 15.0. The number of methoxy groups -OCH3 is 1. The molecule has 0 fully saturated rings. The van der Waals surface area contributed by atoms with Crippen LogP contribution in [0.25, 0.3) is 16.5 Å². The van der Waals surface area contributed by atoms with E-state index in [9.17, 15) is 14.4 Å². The van der Waals surface area contributed by atoms with Gasteiger partial charge in [0.2, 0.25) is 0 Å². The van der Waals surface area contributed by atoms with Gasteiger partial charge >= 0.3 is 5.69 Å². The van der Waals surface area contributed by atoms with Gasteiger partial charge in [-0.3, -0.25) is 14.2 Å². The predicted molar refractivity (Wildman–Crippen MR) is 116 cm³/mol. The lowest BCUT2D eigenvalue weighted by atomic mass is 9.99. The van der Waals surface area contributed by atoms with Gasteiger partial charge in [0.1, 0.15) is 0 Å². The minimum atomic E-state index is -0.512. The molecule has 1 N–H and O–H groups in total. The molecular formula is C23H23N3O4. The molecule has 1 aromatic heterocycles. The van der Waals surface area contributed by atoms with Crippen molar-refractivity contribution in [2.45, 2.75) is 13.0 Å². The Bertz CT molecular complexity index is 1220. The maximum atomic E-state index is 13.0. The van der Waals surface area contributed by atoms with E-state index in [4.69, 9.17) is 4.74 Å². The van der Waals surface area contributed by atoms with Crippen LogP contribution in [0.5, 0.6) is 0 Å². The van der Waals surface area contributed by atoms with Gasteiger partial charge in [-0.05, 0) is 35.8 Å². The summed E-state index contributed by atoms with van der Waals surface area (Å²) in [4.78, 5) is 42.3. The molecule has 0 bridgehead atoms. The normalized spacial score (nSPS) is 14.0. The van der Waals surface area contributed by atoms with E-state index in [1.54, 1.807) is 23.1 Å². The SMILES string of the molecule is COCCn1c(=O)[nH]c2cc(C(=O)N3CC=C(c4ccccc4)CC3)ccc2c1=O. The van der Waals surface area contributed by atoms with Gasteiger partial charge in [0.15, 0.2) is 0 Å². The molecular weight excluding hydrogens is 382 g/mol. The number of aromatic amines is 1. The van der Waals surface area contributed by atoms with Crippen LogP contribution in [0.15, 0.2) is 64.2 Å². The Morgan fingerprint density at radius 1 is 1.13 bits per heavy atom. The summed E-state index contributed by atoms with van der Waals surface area (Å²) in [5.74, 6) is -0.121. The molecule has 0 unspecified atom stereocenters. The van der Waals surface area contributed by atoms with E-state index >= 15 is 0 Å². The summed E-state index contributed by atoms with van der Waals surface area (Å²) in [5, 5.41) is 0.368. The first kappa shape index (κ1) is 19.8. The molecule has 30 heavy (non-hydrogen) atoms. The number of hydrogen-bond donors (Lipinski definition) is 1. The van der Waals surface area contributed by atoms with E-state index in [2.05, 4.69) is 23.2 Å². The van der Waals surface area contributed by atoms with Crippen LogP contribution in [-0.2, 0) is 11.3 Å². The molecule has 3 aromatic rings. The average Bonchev–Trinajstić information content (AvgIpc) is 2.79. The van der Waals surface area contributed by atoms with E-state index in [0.717, 1.165) is 11.0 Å². The molecule has 1 aliphatic rings. The van der Waals surface area contributed by atoms with Gasteiger partial charge in [-0.2, -0.15) is 0 Å². The molecule has 2 heterocycles. The summed E-state index contributed by atoms with van der Waals surface area (Å²) < 4.78 is 6.06. The van der Waals surface area contributed by atoms with Crippen LogP contribution in [0.4, 0.5) is 0 Å². The molecule has 7 heteroatoms. The van der Waals surface area contributed by atoms with Crippen molar-refractivity contribution in [3.8, 4) is 0 Å². The second-order valence-corrected chi connectivity index (χ2v) is 7.24. The topological polar surface area (TPSA) is 84.4 Å². The van der Waals surface area contributed by atoms with Crippen molar-refractivity contribution in [2.75, 3.05) is 26.8 Å². The number of amides is 1. The maximum Gasteiger partial charge on any atom is 0.328 e. The number of fused-ring (bicyclic) bond motifs is 1. The fourth-order valence-corrected chi connectivity index (χ4v) is 3.72. The Hall–Kier alpha value is -3.45. The number of rotatable bonds is 5. The summed E-state index contributed by atoms with van der Waals surface area (Å²) in [6.45, 7) is 1.58. The Labute approximate surface area is 173 Å². The lowest BCUT2D eigenvalue weighted by Crippen LogP contribution is -2.37. The standard InChI is InChI=1S/C23H23N3O4/c1-30-14-13-26-22(28)19-8-7-18(15-20(19)24-23(26)29)21(27)25-11-9-17(10-12-25)16-5-3-2-4-6-16/h2-9,15H,10-14H2,1H3,(H,24,29). The van der Waals surface area contributed by atoms with Crippen LogP contribution in [0.2, 0.25) is 0 Å². The van der Waals surface area contributed by atoms with Gasteiger partial charge < -0.3 is 14.6 Å². The first-order chi connectivity index (χ1) is 14.6. The largest absolute Gasteiger partial charge is 0.383 e. The molecule has 0 aliphatic carbocycles. The van der Waals surface area contributed by atoms with Crippen molar-refractivity contribution < 1.29 is 9.53 Å². The third-order valence-electron chi connectivity index (χ3n) is 5.39. The lowest BCUT2D eigenvalue weighted by molar-refractivity contribution is 0.0773. The molecule has 1 amide bonds. The van der Waals surface area contributed by atoms with Crippen molar-refractivity contribution in [3.05, 3.63) is 86.6 Å². The van der Waals surface area contributed by atoms with Gasteiger partial charge in [0.05, 0.1) is 24.1 Å².